The highest BCUT2D eigenvalue weighted by atomic mass is 19.4. The molecule has 0 saturated carbocycles. The van der Waals surface area contributed by atoms with Gasteiger partial charge in [-0.1, -0.05) is 18.2 Å². The summed E-state index contributed by atoms with van der Waals surface area (Å²) in [7, 11) is 0. The first-order valence-corrected chi connectivity index (χ1v) is 5.11. The van der Waals surface area contributed by atoms with Gasteiger partial charge in [0, 0.05) is 5.56 Å². The van der Waals surface area contributed by atoms with Gasteiger partial charge in [0.05, 0.1) is 11.5 Å². The fraction of sp³-hybridized carbons (Fsp3) is 0.417. The number of nitriles is 1. The number of nitrogens with zero attached hydrogens (tertiary/aromatic N) is 1. The van der Waals surface area contributed by atoms with Crippen molar-refractivity contribution in [3.8, 4) is 11.8 Å². The molecule has 0 spiro atoms. The number of hydrogen-bond acceptors (Lipinski definition) is 3. The van der Waals surface area contributed by atoms with E-state index < -0.39 is 23.6 Å². The molecule has 0 saturated heterocycles. The predicted molar refractivity (Wildman–Crippen MR) is 57.5 cm³/mol. The second-order valence-electron chi connectivity index (χ2n) is 4.32. The summed E-state index contributed by atoms with van der Waals surface area (Å²) in [5, 5.41) is 18.8. The SMILES string of the molecule is CC(C)(C#N)C(O)c1ccccc1OC(F)(F)F. The molecule has 18 heavy (non-hydrogen) atoms. The molecule has 0 bridgehead atoms. The van der Waals surface area contributed by atoms with E-state index in [-0.39, 0.29) is 5.56 Å². The van der Waals surface area contributed by atoms with Crippen molar-refractivity contribution in [2.75, 3.05) is 0 Å². The molecule has 1 atom stereocenters. The van der Waals surface area contributed by atoms with Gasteiger partial charge < -0.3 is 9.84 Å². The molecule has 0 heterocycles. The lowest BCUT2D eigenvalue weighted by Crippen LogP contribution is -2.23. The van der Waals surface area contributed by atoms with E-state index in [0.717, 1.165) is 6.07 Å². The molecule has 0 aromatic heterocycles. The standard InChI is InChI=1S/C12H12F3NO2/c1-11(2,7-16)10(17)8-5-3-4-6-9(8)18-12(13,14)15/h3-6,10,17H,1-2H3. The predicted octanol–water partition coefficient (Wildman–Crippen LogP) is 3.17. The highest BCUT2D eigenvalue weighted by Crippen LogP contribution is 2.38. The molecule has 98 valence electrons. The van der Waals surface area contributed by atoms with Crippen LogP contribution in [0.15, 0.2) is 24.3 Å². The fourth-order valence-electron chi connectivity index (χ4n) is 1.37. The Balaban J connectivity index is 3.14. The number of para-hydroxylation sites is 1. The monoisotopic (exact) mass is 259 g/mol. The van der Waals surface area contributed by atoms with Crippen LogP contribution in [0.1, 0.15) is 25.5 Å². The molecule has 1 rings (SSSR count). The largest absolute Gasteiger partial charge is 0.573 e. The van der Waals surface area contributed by atoms with Crippen LogP contribution in [-0.4, -0.2) is 11.5 Å². The lowest BCUT2D eigenvalue weighted by Gasteiger charge is -2.25. The Morgan fingerprint density at radius 2 is 1.83 bits per heavy atom. The minimum atomic E-state index is -4.84. The molecular formula is C12H12F3NO2. The van der Waals surface area contributed by atoms with Gasteiger partial charge in [-0.05, 0) is 19.9 Å². The first kappa shape index (κ1) is 14.3. The van der Waals surface area contributed by atoms with Gasteiger partial charge >= 0.3 is 6.36 Å². The summed E-state index contributed by atoms with van der Waals surface area (Å²) in [6.07, 6.45) is -6.21. The number of hydrogen-bond donors (Lipinski definition) is 1. The second-order valence-corrected chi connectivity index (χ2v) is 4.32. The minimum absolute atomic E-state index is 0.0682. The van der Waals surface area contributed by atoms with E-state index in [1.807, 2.05) is 6.07 Å². The van der Waals surface area contributed by atoms with Crippen LogP contribution in [0.2, 0.25) is 0 Å². The Hall–Kier alpha value is -1.74. The Morgan fingerprint density at radius 3 is 2.33 bits per heavy atom. The molecule has 1 aromatic carbocycles. The average Bonchev–Trinajstić information content (AvgIpc) is 2.26. The molecule has 0 aliphatic heterocycles. The zero-order chi connectivity index (χ0) is 14.0. The van der Waals surface area contributed by atoms with E-state index in [2.05, 4.69) is 4.74 Å². The summed E-state index contributed by atoms with van der Waals surface area (Å²) in [6, 6.07) is 7.06. The van der Waals surface area contributed by atoms with Crippen LogP contribution in [0.25, 0.3) is 0 Å². The van der Waals surface area contributed by atoms with Crippen LogP contribution in [0.5, 0.6) is 5.75 Å². The van der Waals surface area contributed by atoms with Crippen molar-refractivity contribution >= 4 is 0 Å². The first-order chi connectivity index (χ1) is 8.17. The van der Waals surface area contributed by atoms with Gasteiger partial charge in [0.2, 0.25) is 0 Å². The third-order valence-corrected chi connectivity index (χ3v) is 2.41. The molecule has 1 unspecified atom stereocenters. The number of rotatable bonds is 3. The molecule has 0 radical (unpaired) electrons. The number of alkyl halides is 3. The maximum absolute atomic E-state index is 12.2. The maximum atomic E-state index is 12.2. The van der Waals surface area contributed by atoms with Gasteiger partial charge in [-0.2, -0.15) is 5.26 Å². The van der Waals surface area contributed by atoms with E-state index in [9.17, 15) is 18.3 Å². The fourth-order valence-corrected chi connectivity index (χ4v) is 1.37. The van der Waals surface area contributed by atoms with Crippen LogP contribution in [0.3, 0.4) is 0 Å². The molecule has 6 heteroatoms. The summed E-state index contributed by atoms with van der Waals surface area (Å²) in [5.74, 6) is -0.499. The third kappa shape index (κ3) is 3.37. The van der Waals surface area contributed by atoms with Crippen molar-refractivity contribution < 1.29 is 23.0 Å². The molecule has 0 aliphatic carbocycles. The molecule has 0 fully saturated rings. The van der Waals surface area contributed by atoms with Crippen LogP contribution in [0, 0.1) is 16.7 Å². The molecular weight excluding hydrogens is 247 g/mol. The second kappa shape index (κ2) is 4.86. The van der Waals surface area contributed by atoms with Crippen LogP contribution >= 0.6 is 0 Å². The normalized spacial score (nSPS) is 13.8. The van der Waals surface area contributed by atoms with E-state index in [0.29, 0.717) is 0 Å². The van der Waals surface area contributed by atoms with Crippen molar-refractivity contribution in [3.63, 3.8) is 0 Å². The summed E-state index contributed by atoms with van der Waals surface area (Å²) in [6.45, 7) is 2.87. The lowest BCUT2D eigenvalue weighted by atomic mass is 9.84. The minimum Gasteiger partial charge on any atom is -0.405 e. The maximum Gasteiger partial charge on any atom is 0.573 e. The number of aliphatic hydroxyl groups excluding tert-OH is 1. The third-order valence-electron chi connectivity index (χ3n) is 2.41. The van der Waals surface area contributed by atoms with Gasteiger partial charge in [-0.25, -0.2) is 0 Å². The Morgan fingerprint density at radius 1 is 1.28 bits per heavy atom. The van der Waals surface area contributed by atoms with Crippen molar-refractivity contribution in [3.05, 3.63) is 29.8 Å². The van der Waals surface area contributed by atoms with E-state index >= 15 is 0 Å². The average molecular weight is 259 g/mol. The van der Waals surface area contributed by atoms with Crippen LogP contribution < -0.4 is 4.74 Å². The molecule has 3 nitrogen and oxygen atoms in total. The Bertz CT molecular complexity index is 463. The van der Waals surface area contributed by atoms with Gasteiger partial charge in [0.15, 0.2) is 0 Å². The summed E-state index contributed by atoms with van der Waals surface area (Å²) < 4.78 is 40.4. The van der Waals surface area contributed by atoms with Crippen molar-refractivity contribution in [2.45, 2.75) is 26.3 Å². The van der Waals surface area contributed by atoms with Crippen LogP contribution in [0.4, 0.5) is 13.2 Å². The molecule has 0 aliphatic rings. The summed E-state index contributed by atoms with van der Waals surface area (Å²) in [5.41, 5.74) is -1.29. The zero-order valence-electron chi connectivity index (χ0n) is 9.82. The Labute approximate surface area is 102 Å². The number of aliphatic hydroxyl groups is 1. The van der Waals surface area contributed by atoms with E-state index in [1.165, 1.54) is 32.0 Å². The highest BCUT2D eigenvalue weighted by molar-refractivity contribution is 5.37. The van der Waals surface area contributed by atoms with Gasteiger partial charge in [-0.3, -0.25) is 0 Å². The summed E-state index contributed by atoms with van der Waals surface area (Å²) >= 11 is 0. The molecule has 1 N–H and O–H groups in total. The highest BCUT2D eigenvalue weighted by Gasteiger charge is 2.36. The number of ether oxygens (including phenoxy) is 1. The summed E-state index contributed by atoms with van der Waals surface area (Å²) in [4.78, 5) is 0. The van der Waals surface area contributed by atoms with E-state index in [1.54, 1.807) is 0 Å². The van der Waals surface area contributed by atoms with Gasteiger partial charge in [0.1, 0.15) is 11.9 Å². The molecule has 1 aromatic rings. The van der Waals surface area contributed by atoms with Crippen molar-refractivity contribution in [1.82, 2.24) is 0 Å². The number of benzene rings is 1. The first-order valence-electron chi connectivity index (χ1n) is 5.11. The lowest BCUT2D eigenvalue weighted by molar-refractivity contribution is -0.275. The van der Waals surface area contributed by atoms with Gasteiger partial charge in [0.25, 0.3) is 0 Å². The Kier molecular flexibility index (Phi) is 3.87. The quantitative estimate of drug-likeness (QED) is 0.907. The topological polar surface area (TPSA) is 53.2 Å². The zero-order valence-corrected chi connectivity index (χ0v) is 9.82. The smallest absolute Gasteiger partial charge is 0.405 e. The van der Waals surface area contributed by atoms with Gasteiger partial charge in [-0.15, -0.1) is 13.2 Å². The van der Waals surface area contributed by atoms with Crippen LogP contribution in [-0.2, 0) is 0 Å². The van der Waals surface area contributed by atoms with Crippen molar-refractivity contribution in [1.29, 1.82) is 5.26 Å². The van der Waals surface area contributed by atoms with E-state index in [4.69, 9.17) is 5.26 Å². The number of halogens is 3. The molecule has 0 amide bonds. The van der Waals surface area contributed by atoms with Crippen molar-refractivity contribution in [2.24, 2.45) is 5.41 Å².